The first-order valence-electron chi connectivity index (χ1n) is 8.55. The van der Waals surface area contributed by atoms with Crippen molar-refractivity contribution in [3.8, 4) is 0 Å². The summed E-state index contributed by atoms with van der Waals surface area (Å²) in [6.07, 6.45) is 3.68. The van der Waals surface area contributed by atoms with E-state index in [1.54, 1.807) is 6.92 Å². The molecule has 0 spiro atoms. The van der Waals surface area contributed by atoms with Crippen LogP contribution in [0, 0.1) is 31.6 Å². The van der Waals surface area contributed by atoms with E-state index in [-0.39, 0.29) is 5.78 Å². The van der Waals surface area contributed by atoms with Crippen molar-refractivity contribution in [2.75, 3.05) is 0 Å². The Bertz CT molecular complexity index is 615. The molecular formula is C20H28O3. The van der Waals surface area contributed by atoms with Crippen LogP contribution in [0.2, 0.25) is 0 Å². The summed E-state index contributed by atoms with van der Waals surface area (Å²) < 4.78 is 0. The fourth-order valence-electron chi connectivity index (χ4n) is 4.48. The van der Waals surface area contributed by atoms with Gasteiger partial charge in [0, 0.05) is 11.0 Å². The SMILES string of the molecule is CCC(C)(C(=O)O)C1(C(=O)c2c(C)cc(C)cc2C)CCCC1. The van der Waals surface area contributed by atoms with Crippen molar-refractivity contribution in [3.05, 3.63) is 34.4 Å². The molecule has 1 aliphatic carbocycles. The molecule has 3 heteroatoms. The van der Waals surface area contributed by atoms with Crippen molar-refractivity contribution in [1.82, 2.24) is 0 Å². The van der Waals surface area contributed by atoms with Crippen molar-refractivity contribution in [2.24, 2.45) is 10.8 Å². The van der Waals surface area contributed by atoms with E-state index in [1.165, 1.54) is 0 Å². The van der Waals surface area contributed by atoms with Crippen LogP contribution < -0.4 is 0 Å². The second-order valence-electron chi connectivity index (χ2n) is 7.38. The maximum absolute atomic E-state index is 13.6. The summed E-state index contributed by atoms with van der Waals surface area (Å²) in [5, 5.41) is 9.88. The number of Topliss-reactive ketones (excluding diaryl/α,β-unsaturated/α-hetero) is 1. The number of ketones is 1. The molecule has 0 aromatic heterocycles. The fourth-order valence-corrected chi connectivity index (χ4v) is 4.48. The van der Waals surface area contributed by atoms with Crippen molar-refractivity contribution in [3.63, 3.8) is 0 Å². The summed E-state index contributed by atoms with van der Waals surface area (Å²) in [6, 6.07) is 4.04. The summed E-state index contributed by atoms with van der Waals surface area (Å²) in [6.45, 7) is 9.58. The molecule has 1 saturated carbocycles. The Balaban J connectivity index is 2.64. The molecular weight excluding hydrogens is 288 g/mol. The fraction of sp³-hybridized carbons (Fsp3) is 0.600. The molecule has 1 aromatic rings. The summed E-state index contributed by atoms with van der Waals surface area (Å²) in [5.41, 5.74) is 2.00. The Kier molecular flexibility index (Phi) is 4.70. The number of carbonyl (C=O) groups is 2. The maximum atomic E-state index is 13.6. The van der Waals surface area contributed by atoms with E-state index in [0.717, 1.165) is 35.1 Å². The van der Waals surface area contributed by atoms with E-state index in [0.29, 0.717) is 19.3 Å². The quantitative estimate of drug-likeness (QED) is 0.790. The van der Waals surface area contributed by atoms with E-state index in [4.69, 9.17) is 0 Å². The minimum absolute atomic E-state index is 0.0387. The molecule has 1 fully saturated rings. The van der Waals surface area contributed by atoms with Crippen molar-refractivity contribution >= 4 is 11.8 Å². The smallest absolute Gasteiger partial charge is 0.310 e. The number of rotatable bonds is 5. The molecule has 0 saturated heterocycles. The van der Waals surface area contributed by atoms with E-state index in [2.05, 4.69) is 0 Å². The van der Waals surface area contributed by atoms with Gasteiger partial charge >= 0.3 is 5.97 Å². The lowest BCUT2D eigenvalue weighted by atomic mass is 9.58. The van der Waals surface area contributed by atoms with Gasteiger partial charge in [-0.25, -0.2) is 0 Å². The average Bonchev–Trinajstić information content (AvgIpc) is 2.95. The number of carboxylic acid groups (broad SMARTS) is 1. The van der Waals surface area contributed by atoms with Gasteiger partial charge in [-0.15, -0.1) is 0 Å². The molecule has 1 unspecified atom stereocenters. The van der Waals surface area contributed by atoms with Crippen LogP contribution in [-0.4, -0.2) is 16.9 Å². The monoisotopic (exact) mass is 316 g/mol. The number of aryl methyl sites for hydroxylation is 3. The highest BCUT2D eigenvalue weighted by Gasteiger charge is 2.58. The molecule has 1 aromatic carbocycles. The van der Waals surface area contributed by atoms with Gasteiger partial charge in [0.1, 0.15) is 0 Å². The molecule has 126 valence electrons. The van der Waals surface area contributed by atoms with Gasteiger partial charge in [0.05, 0.1) is 5.41 Å². The van der Waals surface area contributed by atoms with Crippen molar-refractivity contribution in [2.45, 2.75) is 66.7 Å². The van der Waals surface area contributed by atoms with Crippen molar-refractivity contribution < 1.29 is 14.7 Å². The summed E-state index contributed by atoms with van der Waals surface area (Å²) >= 11 is 0. The van der Waals surface area contributed by atoms with Crippen LogP contribution in [0.5, 0.6) is 0 Å². The summed E-state index contributed by atoms with van der Waals surface area (Å²) in [4.78, 5) is 25.6. The average molecular weight is 316 g/mol. The molecule has 0 heterocycles. The molecule has 23 heavy (non-hydrogen) atoms. The Morgan fingerprint density at radius 3 is 2.00 bits per heavy atom. The number of hydrogen-bond acceptors (Lipinski definition) is 2. The molecule has 1 aliphatic rings. The lowest BCUT2D eigenvalue weighted by Crippen LogP contribution is -2.49. The van der Waals surface area contributed by atoms with Crippen LogP contribution in [0.1, 0.15) is 73.0 Å². The van der Waals surface area contributed by atoms with Gasteiger partial charge in [-0.3, -0.25) is 9.59 Å². The van der Waals surface area contributed by atoms with E-state index in [9.17, 15) is 14.7 Å². The van der Waals surface area contributed by atoms with Gasteiger partial charge in [-0.2, -0.15) is 0 Å². The van der Waals surface area contributed by atoms with Gasteiger partial charge in [0.25, 0.3) is 0 Å². The van der Waals surface area contributed by atoms with Crippen molar-refractivity contribution in [1.29, 1.82) is 0 Å². The third-order valence-corrected chi connectivity index (χ3v) is 6.03. The molecule has 2 rings (SSSR count). The number of hydrogen-bond donors (Lipinski definition) is 1. The molecule has 0 amide bonds. The highest BCUT2D eigenvalue weighted by molar-refractivity contribution is 6.05. The zero-order valence-corrected chi connectivity index (χ0v) is 15.0. The predicted molar refractivity (Wildman–Crippen MR) is 91.9 cm³/mol. The highest BCUT2D eigenvalue weighted by atomic mass is 16.4. The van der Waals surface area contributed by atoms with Gasteiger partial charge in [-0.05, 0) is 58.1 Å². The minimum atomic E-state index is -1.01. The Hall–Kier alpha value is -1.64. The third kappa shape index (κ3) is 2.60. The summed E-state index contributed by atoms with van der Waals surface area (Å²) in [5.74, 6) is -0.811. The second kappa shape index (κ2) is 6.10. The Morgan fingerprint density at radius 1 is 1.13 bits per heavy atom. The number of benzene rings is 1. The summed E-state index contributed by atoms with van der Waals surface area (Å²) in [7, 11) is 0. The Labute approximate surface area is 139 Å². The molecule has 3 nitrogen and oxygen atoms in total. The van der Waals surface area contributed by atoms with E-state index < -0.39 is 16.8 Å². The normalized spacial score (nSPS) is 19.3. The first kappa shape index (κ1) is 17.7. The minimum Gasteiger partial charge on any atom is -0.481 e. The lowest BCUT2D eigenvalue weighted by Gasteiger charge is -2.42. The zero-order valence-electron chi connectivity index (χ0n) is 15.0. The van der Waals surface area contributed by atoms with Crippen LogP contribution in [0.3, 0.4) is 0 Å². The van der Waals surface area contributed by atoms with Gasteiger partial charge in [0.2, 0.25) is 0 Å². The molecule has 1 N–H and O–H groups in total. The molecule has 0 aliphatic heterocycles. The van der Waals surface area contributed by atoms with Crippen LogP contribution in [0.25, 0.3) is 0 Å². The number of aliphatic carboxylic acids is 1. The van der Waals surface area contributed by atoms with E-state index >= 15 is 0 Å². The van der Waals surface area contributed by atoms with Crippen LogP contribution in [0.4, 0.5) is 0 Å². The second-order valence-corrected chi connectivity index (χ2v) is 7.38. The lowest BCUT2D eigenvalue weighted by molar-refractivity contribution is -0.155. The van der Waals surface area contributed by atoms with Gasteiger partial charge in [-0.1, -0.05) is 37.5 Å². The molecule has 1 atom stereocenters. The predicted octanol–water partition coefficient (Wildman–Crippen LogP) is 4.86. The highest BCUT2D eigenvalue weighted by Crippen LogP contribution is 2.55. The molecule has 0 bridgehead atoms. The van der Waals surface area contributed by atoms with Crippen LogP contribution in [0.15, 0.2) is 12.1 Å². The van der Waals surface area contributed by atoms with Gasteiger partial charge < -0.3 is 5.11 Å². The molecule has 0 radical (unpaired) electrons. The topological polar surface area (TPSA) is 54.4 Å². The number of carboxylic acids is 1. The number of carbonyl (C=O) groups excluding carboxylic acids is 1. The zero-order chi connectivity index (χ0) is 17.4. The maximum Gasteiger partial charge on any atom is 0.310 e. The third-order valence-electron chi connectivity index (χ3n) is 6.03. The van der Waals surface area contributed by atoms with Crippen LogP contribution in [-0.2, 0) is 4.79 Å². The van der Waals surface area contributed by atoms with Crippen LogP contribution >= 0.6 is 0 Å². The van der Waals surface area contributed by atoms with E-state index in [1.807, 2.05) is 39.8 Å². The standard InChI is InChI=1S/C20H28O3/c1-6-19(5,18(22)23)20(9-7-8-10-20)17(21)16-14(3)11-13(2)12-15(16)4/h11-12H,6-10H2,1-5H3,(H,22,23). The first-order valence-corrected chi connectivity index (χ1v) is 8.55. The first-order chi connectivity index (χ1) is 10.7. The Morgan fingerprint density at radius 2 is 1.61 bits per heavy atom. The largest absolute Gasteiger partial charge is 0.481 e. The van der Waals surface area contributed by atoms with Gasteiger partial charge in [0.15, 0.2) is 5.78 Å².